The van der Waals surface area contributed by atoms with Crippen LogP contribution >= 0.6 is 0 Å². The van der Waals surface area contributed by atoms with E-state index >= 15 is 0 Å². The molecule has 0 bridgehead atoms. The van der Waals surface area contributed by atoms with Crippen molar-refractivity contribution in [2.75, 3.05) is 7.11 Å². The zero-order valence-electron chi connectivity index (χ0n) is 12.2. The fourth-order valence-electron chi connectivity index (χ4n) is 2.44. The van der Waals surface area contributed by atoms with Gasteiger partial charge in [-0.3, -0.25) is 0 Å². The Kier molecular flexibility index (Phi) is 4.57. The van der Waals surface area contributed by atoms with Crippen LogP contribution in [0, 0.1) is 11.8 Å². The minimum absolute atomic E-state index is 0.596. The number of ether oxygens (including phenoxy) is 1. The summed E-state index contributed by atoms with van der Waals surface area (Å²) in [5.74, 6) is 6.18. The maximum absolute atomic E-state index is 5.07. The topological polar surface area (TPSA) is 14.2 Å². The van der Waals surface area contributed by atoms with Crippen molar-refractivity contribution < 1.29 is 20.6 Å². The van der Waals surface area contributed by atoms with Gasteiger partial charge in [-0.1, -0.05) is 0 Å². The SMILES string of the molecule is CO[C](=[Cr])C#Cc1cccc2ccn(Cc3ccccc3)c12. The molecule has 3 rings (SSSR count). The van der Waals surface area contributed by atoms with Gasteiger partial charge < -0.3 is 0 Å². The molecule has 0 saturated carbocycles. The van der Waals surface area contributed by atoms with Gasteiger partial charge in [0.1, 0.15) is 0 Å². The van der Waals surface area contributed by atoms with E-state index in [1.165, 1.54) is 10.9 Å². The van der Waals surface area contributed by atoms with Crippen molar-refractivity contribution in [1.82, 2.24) is 4.57 Å². The number of aromatic nitrogens is 1. The van der Waals surface area contributed by atoms with Gasteiger partial charge in [-0.15, -0.1) is 0 Å². The second-order valence-electron chi connectivity index (χ2n) is 4.91. The summed E-state index contributed by atoms with van der Waals surface area (Å²) >= 11 is 2.81. The summed E-state index contributed by atoms with van der Waals surface area (Å²) in [5.41, 5.74) is 3.43. The van der Waals surface area contributed by atoms with Crippen molar-refractivity contribution in [2.45, 2.75) is 6.54 Å². The number of hydrogen-bond donors (Lipinski definition) is 0. The van der Waals surface area contributed by atoms with E-state index in [1.807, 2.05) is 18.2 Å². The van der Waals surface area contributed by atoms with E-state index < -0.39 is 0 Å². The maximum atomic E-state index is 5.07. The van der Waals surface area contributed by atoms with Crippen LogP contribution in [0.1, 0.15) is 11.1 Å². The average Bonchev–Trinajstić information content (AvgIpc) is 2.97. The normalized spacial score (nSPS) is 10.2. The monoisotopic (exact) mass is 325 g/mol. The van der Waals surface area contributed by atoms with Crippen molar-refractivity contribution in [3.05, 3.63) is 71.9 Å². The van der Waals surface area contributed by atoms with Crippen molar-refractivity contribution in [1.29, 1.82) is 0 Å². The molecular formula is C19H15CrNO. The van der Waals surface area contributed by atoms with Gasteiger partial charge in [0.25, 0.3) is 0 Å². The van der Waals surface area contributed by atoms with Crippen LogP contribution in [0.3, 0.4) is 0 Å². The predicted molar refractivity (Wildman–Crippen MR) is 86.4 cm³/mol. The Morgan fingerprint density at radius 2 is 1.91 bits per heavy atom. The molecule has 0 atom stereocenters. The number of benzene rings is 2. The molecule has 0 amide bonds. The van der Waals surface area contributed by atoms with E-state index in [9.17, 15) is 0 Å². The van der Waals surface area contributed by atoms with Crippen molar-refractivity contribution >= 4 is 15.5 Å². The quantitative estimate of drug-likeness (QED) is 0.674. The van der Waals surface area contributed by atoms with Gasteiger partial charge in [-0.05, 0) is 0 Å². The molecule has 1 aromatic heterocycles. The van der Waals surface area contributed by atoms with Crippen molar-refractivity contribution in [3.8, 4) is 11.8 Å². The summed E-state index contributed by atoms with van der Waals surface area (Å²) in [4.78, 5) is 0. The molecule has 0 unspecified atom stereocenters. The fraction of sp³-hybridized carbons (Fsp3) is 0.105. The summed E-state index contributed by atoms with van der Waals surface area (Å²) in [6.45, 7) is 0.835. The van der Waals surface area contributed by atoms with Gasteiger partial charge in [0.15, 0.2) is 0 Å². The molecule has 1 heterocycles. The summed E-state index contributed by atoms with van der Waals surface area (Å²) < 4.78 is 7.90. The van der Waals surface area contributed by atoms with E-state index in [0.29, 0.717) is 4.57 Å². The van der Waals surface area contributed by atoms with E-state index in [2.05, 4.69) is 74.9 Å². The minimum atomic E-state index is 0.596. The Bertz CT molecular complexity index is 869. The van der Waals surface area contributed by atoms with Gasteiger partial charge in [-0.25, -0.2) is 0 Å². The second kappa shape index (κ2) is 6.78. The zero-order valence-corrected chi connectivity index (χ0v) is 13.5. The third-order valence-corrected chi connectivity index (χ3v) is 3.89. The zero-order chi connectivity index (χ0) is 15.4. The van der Waals surface area contributed by atoms with Crippen LogP contribution in [0.15, 0.2) is 60.8 Å². The van der Waals surface area contributed by atoms with E-state index in [1.54, 1.807) is 7.11 Å². The van der Waals surface area contributed by atoms with Gasteiger partial charge >= 0.3 is 138 Å². The van der Waals surface area contributed by atoms with Gasteiger partial charge in [0.2, 0.25) is 0 Å². The molecule has 0 fully saturated rings. The Hall–Kier alpha value is -2.10. The Balaban J connectivity index is 2.04. The van der Waals surface area contributed by atoms with Crippen LogP contribution in [0.4, 0.5) is 0 Å². The first-order chi connectivity index (χ1) is 10.8. The molecule has 0 saturated heterocycles. The summed E-state index contributed by atoms with van der Waals surface area (Å²) in [5, 5.41) is 1.20. The Morgan fingerprint density at radius 3 is 2.68 bits per heavy atom. The molecule has 0 aliphatic heterocycles. The molecule has 3 aromatic rings. The molecule has 0 N–H and O–H groups in total. The average molecular weight is 325 g/mol. The first-order valence-electron chi connectivity index (χ1n) is 6.99. The number of fused-ring (bicyclic) bond motifs is 1. The number of rotatable bonds is 3. The Morgan fingerprint density at radius 1 is 1.09 bits per heavy atom. The molecule has 2 nitrogen and oxygen atoms in total. The van der Waals surface area contributed by atoms with Gasteiger partial charge in [0, 0.05) is 0 Å². The molecule has 22 heavy (non-hydrogen) atoms. The van der Waals surface area contributed by atoms with Crippen LogP contribution in [-0.4, -0.2) is 16.2 Å². The van der Waals surface area contributed by atoms with Crippen molar-refractivity contribution in [3.63, 3.8) is 0 Å². The van der Waals surface area contributed by atoms with Gasteiger partial charge in [0.05, 0.1) is 0 Å². The number of methoxy groups -OCH3 is 1. The van der Waals surface area contributed by atoms with Crippen LogP contribution in [0.5, 0.6) is 0 Å². The molecular weight excluding hydrogens is 310 g/mol. The third kappa shape index (κ3) is 3.21. The molecule has 108 valence electrons. The van der Waals surface area contributed by atoms with E-state index in [0.717, 1.165) is 17.6 Å². The molecule has 2 aromatic carbocycles. The van der Waals surface area contributed by atoms with E-state index in [4.69, 9.17) is 4.74 Å². The van der Waals surface area contributed by atoms with Crippen molar-refractivity contribution in [2.24, 2.45) is 0 Å². The van der Waals surface area contributed by atoms with Crippen LogP contribution < -0.4 is 0 Å². The first kappa shape index (κ1) is 14.8. The predicted octanol–water partition coefficient (Wildman–Crippen LogP) is 3.36. The second-order valence-corrected chi connectivity index (χ2v) is 5.49. The van der Waals surface area contributed by atoms with E-state index in [-0.39, 0.29) is 0 Å². The first-order valence-corrected chi connectivity index (χ1v) is 7.63. The molecule has 0 spiro atoms. The number of para-hydroxylation sites is 1. The standard InChI is InChI=1S/C19H15NO.Cr/c1-21-14-6-11-17-9-5-10-18-12-13-20(19(17)18)15-16-7-3-2-4-8-16;/h2-5,7-10,12-13H,15H2,1H3;. The summed E-state index contributed by atoms with van der Waals surface area (Å²) in [6, 6.07) is 18.8. The molecule has 0 aliphatic rings. The summed E-state index contributed by atoms with van der Waals surface area (Å²) in [7, 11) is 1.61. The summed E-state index contributed by atoms with van der Waals surface area (Å²) in [6.07, 6.45) is 2.11. The van der Waals surface area contributed by atoms with Crippen LogP contribution in [0.25, 0.3) is 10.9 Å². The molecule has 3 heteroatoms. The van der Waals surface area contributed by atoms with Gasteiger partial charge in [-0.2, -0.15) is 0 Å². The molecule has 0 radical (unpaired) electrons. The third-order valence-electron chi connectivity index (χ3n) is 3.47. The number of hydrogen-bond acceptors (Lipinski definition) is 1. The Labute approximate surface area is 138 Å². The van der Waals surface area contributed by atoms with Crippen LogP contribution in [0.2, 0.25) is 0 Å². The number of nitrogens with zero attached hydrogens (tertiary/aromatic N) is 1. The molecule has 0 aliphatic carbocycles. The van der Waals surface area contributed by atoms with Crippen LogP contribution in [-0.2, 0) is 27.1 Å². The fourth-order valence-corrected chi connectivity index (χ4v) is 2.52.